The summed E-state index contributed by atoms with van der Waals surface area (Å²) in [5.74, 6) is 0.170. The molecule has 1 aromatic heterocycles. The van der Waals surface area contributed by atoms with Crippen LogP contribution < -0.4 is 4.90 Å². The van der Waals surface area contributed by atoms with Crippen LogP contribution in [0.1, 0.15) is 18.2 Å². The van der Waals surface area contributed by atoms with Crippen LogP contribution in [-0.4, -0.2) is 46.3 Å². The second kappa shape index (κ2) is 6.54. The molecule has 122 valence electrons. The first-order chi connectivity index (χ1) is 11.0. The first-order valence-corrected chi connectivity index (χ1v) is 8.14. The van der Waals surface area contributed by atoms with Gasteiger partial charge in [0.1, 0.15) is 0 Å². The van der Waals surface area contributed by atoms with Crippen LogP contribution in [0, 0.1) is 13.8 Å². The van der Waals surface area contributed by atoms with Crippen molar-refractivity contribution in [3.05, 3.63) is 47.8 Å². The van der Waals surface area contributed by atoms with Crippen molar-refractivity contribution in [2.45, 2.75) is 33.4 Å². The minimum Gasteiger partial charge on any atom is -0.310 e. The number of aromatic nitrogens is 2. The highest BCUT2D eigenvalue weighted by atomic mass is 16.2. The minimum atomic E-state index is 0.170. The maximum absolute atomic E-state index is 12.5. The molecule has 1 aliphatic rings. The van der Waals surface area contributed by atoms with Crippen molar-refractivity contribution in [3.8, 4) is 0 Å². The van der Waals surface area contributed by atoms with Crippen LogP contribution in [0.2, 0.25) is 0 Å². The highest BCUT2D eigenvalue weighted by molar-refractivity contribution is 5.95. The summed E-state index contributed by atoms with van der Waals surface area (Å²) in [6, 6.07) is 10.5. The fraction of sp³-hybridized carbons (Fsp3) is 0.444. The van der Waals surface area contributed by atoms with E-state index in [4.69, 9.17) is 0 Å². The van der Waals surface area contributed by atoms with Gasteiger partial charge in [-0.15, -0.1) is 0 Å². The van der Waals surface area contributed by atoms with E-state index in [1.165, 1.54) is 5.56 Å². The van der Waals surface area contributed by atoms with Crippen LogP contribution in [0.4, 0.5) is 5.69 Å². The SMILES string of the molecule is Cc1ccc(N2C[C@@H](C)N(CCn3ccc(C)n3)CC2=O)cc1. The normalized spacial score (nSPS) is 19.3. The van der Waals surface area contributed by atoms with Crippen molar-refractivity contribution in [1.29, 1.82) is 0 Å². The Bertz CT molecular complexity index is 677. The van der Waals surface area contributed by atoms with E-state index in [-0.39, 0.29) is 5.91 Å². The molecule has 1 amide bonds. The van der Waals surface area contributed by atoms with Crippen molar-refractivity contribution >= 4 is 11.6 Å². The first kappa shape index (κ1) is 15.7. The predicted molar refractivity (Wildman–Crippen MR) is 91.5 cm³/mol. The Balaban J connectivity index is 1.62. The van der Waals surface area contributed by atoms with Gasteiger partial charge in [-0.05, 0) is 39.0 Å². The molecule has 2 aromatic rings. The second-order valence-electron chi connectivity index (χ2n) is 6.38. The van der Waals surface area contributed by atoms with E-state index in [1.807, 2.05) is 40.9 Å². The van der Waals surface area contributed by atoms with E-state index >= 15 is 0 Å². The summed E-state index contributed by atoms with van der Waals surface area (Å²) >= 11 is 0. The number of rotatable bonds is 4. The summed E-state index contributed by atoms with van der Waals surface area (Å²) in [5, 5.41) is 4.40. The number of aryl methyl sites for hydroxylation is 2. The summed E-state index contributed by atoms with van der Waals surface area (Å²) in [6.07, 6.45) is 1.99. The number of carbonyl (C=O) groups is 1. The van der Waals surface area contributed by atoms with Crippen LogP contribution in [-0.2, 0) is 11.3 Å². The maximum Gasteiger partial charge on any atom is 0.241 e. The largest absolute Gasteiger partial charge is 0.310 e. The van der Waals surface area contributed by atoms with E-state index in [2.05, 4.69) is 36.0 Å². The molecular formula is C18H24N4O. The quantitative estimate of drug-likeness (QED) is 0.869. The number of piperazine rings is 1. The van der Waals surface area contributed by atoms with Crippen LogP contribution in [0.3, 0.4) is 0 Å². The third-order valence-electron chi connectivity index (χ3n) is 4.45. The molecule has 2 heterocycles. The summed E-state index contributed by atoms with van der Waals surface area (Å²) in [5.41, 5.74) is 3.23. The van der Waals surface area contributed by atoms with Gasteiger partial charge in [0, 0.05) is 31.0 Å². The molecule has 0 radical (unpaired) electrons. The van der Waals surface area contributed by atoms with Gasteiger partial charge >= 0.3 is 0 Å². The van der Waals surface area contributed by atoms with E-state index in [0.717, 1.165) is 31.0 Å². The Kier molecular flexibility index (Phi) is 4.48. The number of benzene rings is 1. The topological polar surface area (TPSA) is 41.4 Å². The van der Waals surface area contributed by atoms with Gasteiger partial charge in [0.05, 0.1) is 18.8 Å². The van der Waals surface area contributed by atoms with Gasteiger partial charge < -0.3 is 4.90 Å². The molecule has 1 saturated heterocycles. The molecule has 1 aliphatic heterocycles. The molecule has 0 saturated carbocycles. The fourth-order valence-corrected chi connectivity index (χ4v) is 2.99. The third kappa shape index (κ3) is 3.62. The molecule has 0 unspecified atom stereocenters. The average molecular weight is 312 g/mol. The molecule has 1 aromatic carbocycles. The number of carbonyl (C=O) groups excluding carboxylic acids is 1. The zero-order chi connectivity index (χ0) is 16.4. The Morgan fingerprint density at radius 2 is 1.87 bits per heavy atom. The van der Waals surface area contributed by atoms with Gasteiger partial charge in [0.25, 0.3) is 0 Å². The van der Waals surface area contributed by atoms with E-state index < -0.39 is 0 Å². The second-order valence-corrected chi connectivity index (χ2v) is 6.38. The zero-order valence-electron chi connectivity index (χ0n) is 14.1. The summed E-state index contributed by atoms with van der Waals surface area (Å²) in [4.78, 5) is 16.7. The van der Waals surface area contributed by atoms with E-state index in [9.17, 15) is 4.79 Å². The lowest BCUT2D eigenvalue weighted by atomic mass is 10.1. The van der Waals surface area contributed by atoms with E-state index in [1.54, 1.807) is 0 Å². The molecule has 5 heteroatoms. The Morgan fingerprint density at radius 1 is 1.13 bits per heavy atom. The molecule has 0 N–H and O–H groups in total. The highest BCUT2D eigenvalue weighted by Crippen LogP contribution is 2.20. The lowest BCUT2D eigenvalue weighted by molar-refractivity contribution is -0.122. The van der Waals surface area contributed by atoms with Crippen molar-refractivity contribution in [2.24, 2.45) is 0 Å². The standard InChI is InChI=1S/C18H24N4O/c1-14-4-6-17(7-5-14)22-12-16(3)20(13-18(22)23)10-11-21-9-8-15(2)19-21/h4-9,16H,10-13H2,1-3H3/t16-/m1/s1. The first-order valence-electron chi connectivity index (χ1n) is 8.14. The molecular weight excluding hydrogens is 288 g/mol. The molecule has 5 nitrogen and oxygen atoms in total. The molecule has 1 atom stereocenters. The summed E-state index contributed by atoms with van der Waals surface area (Å²) in [7, 11) is 0. The molecule has 0 bridgehead atoms. The van der Waals surface area contributed by atoms with Crippen molar-refractivity contribution in [3.63, 3.8) is 0 Å². The van der Waals surface area contributed by atoms with Crippen LogP contribution in [0.15, 0.2) is 36.5 Å². The van der Waals surface area contributed by atoms with Crippen molar-refractivity contribution < 1.29 is 4.79 Å². The maximum atomic E-state index is 12.5. The zero-order valence-corrected chi connectivity index (χ0v) is 14.1. The van der Waals surface area contributed by atoms with Crippen LogP contribution in [0.5, 0.6) is 0 Å². The summed E-state index contributed by atoms with van der Waals surface area (Å²) in [6.45, 7) is 9.09. The Hall–Kier alpha value is -2.14. The third-order valence-corrected chi connectivity index (χ3v) is 4.45. The number of amides is 1. The molecule has 0 spiro atoms. The fourth-order valence-electron chi connectivity index (χ4n) is 2.99. The van der Waals surface area contributed by atoms with Gasteiger partial charge in [0.2, 0.25) is 5.91 Å². The molecule has 3 rings (SSSR count). The number of anilines is 1. The van der Waals surface area contributed by atoms with Gasteiger partial charge in [-0.2, -0.15) is 5.10 Å². The number of hydrogen-bond donors (Lipinski definition) is 0. The monoisotopic (exact) mass is 312 g/mol. The van der Waals surface area contributed by atoms with E-state index in [0.29, 0.717) is 12.6 Å². The number of hydrogen-bond acceptors (Lipinski definition) is 3. The van der Waals surface area contributed by atoms with Gasteiger partial charge in [-0.1, -0.05) is 17.7 Å². The average Bonchev–Trinajstić information content (AvgIpc) is 2.94. The van der Waals surface area contributed by atoms with Crippen molar-refractivity contribution in [1.82, 2.24) is 14.7 Å². The lowest BCUT2D eigenvalue weighted by Gasteiger charge is -2.39. The van der Waals surface area contributed by atoms with Gasteiger partial charge in [-0.25, -0.2) is 0 Å². The summed E-state index contributed by atoms with van der Waals surface area (Å²) < 4.78 is 1.94. The smallest absolute Gasteiger partial charge is 0.241 e. The molecule has 23 heavy (non-hydrogen) atoms. The van der Waals surface area contributed by atoms with Gasteiger partial charge in [0.15, 0.2) is 0 Å². The number of nitrogens with zero attached hydrogens (tertiary/aromatic N) is 4. The predicted octanol–water partition coefficient (Wildman–Crippen LogP) is 2.24. The molecule has 1 fully saturated rings. The lowest BCUT2D eigenvalue weighted by Crippen LogP contribution is -2.55. The van der Waals surface area contributed by atoms with Crippen molar-refractivity contribution in [2.75, 3.05) is 24.5 Å². The highest BCUT2D eigenvalue weighted by Gasteiger charge is 2.29. The van der Waals surface area contributed by atoms with Crippen LogP contribution >= 0.6 is 0 Å². The Morgan fingerprint density at radius 3 is 2.52 bits per heavy atom. The van der Waals surface area contributed by atoms with Gasteiger partial charge in [-0.3, -0.25) is 14.4 Å². The van der Waals surface area contributed by atoms with Crippen LogP contribution in [0.25, 0.3) is 0 Å². The Labute approximate surface area is 137 Å². The molecule has 0 aliphatic carbocycles. The minimum absolute atomic E-state index is 0.170.